The number of carbonyl (C=O) groups excluding carboxylic acids is 4. The Morgan fingerprint density at radius 1 is 0.944 bits per heavy atom. The van der Waals surface area contributed by atoms with E-state index in [2.05, 4.69) is 10.6 Å². The Labute approximate surface area is 322 Å². The number of amides is 4. The lowest BCUT2D eigenvalue weighted by Crippen LogP contribution is -2.59. The number of halogens is 1. The van der Waals surface area contributed by atoms with Crippen molar-refractivity contribution in [2.75, 3.05) is 41.9 Å². The fourth-order valence-electron chi connectivity index (χ4n) is 7.83. The van der Waals surface area contributed by atoms with Crippen LogP contribution < -0.4 is 16.4 Å². The number of likely N-dealkylation sites (N-methyl/N-ethyl adjacent to an activating group) is 2. The molecular formula is C40H69FN6O7. The number of hydrogen-bond acceptors (Lipinski definition) is 9. The maximum atomic E-state index is 14.2. The highest BCUT2D eigenvalue weighted by molar-refractivity contribution is 5.90. The first-order valence-corrected chi connectivity index (χ1v) is 19.3. The predicted molar refractivity (Wildman–Crippen MR) is 208 cm³/mol. The number of hydrogen-bond donors (Lipinski definition) is 4. The molecule has 2 rings (SSSR count). The smallest absolute Gasteiger partial charge is 0.245 e. The number of aliphatic hydroxyl groups is 1. The SMILES string of the molecule is CCC(C)[C@@H]([C@@H](CC(=O)N1C[C@@H](O)C[C@H]1[C@H](OC)[C@@H](C)C(=O)N[C@H](C)C(N)c1ccc(F)cc1)OC)N(C)C(=O)[C@@H](NC(=O)[C@H](C(C)C)N(C)C)C(C)C. The minimum Gasteiger partial charge on any atom is -0.391 e. The van der Waals surface area contributed by atoms with Crippen molar-refractivity contribution >= 4 is 23.6 Å². The minimum absolute atomic E-state index is 0.0232. The van der Waals surface area contributed by atoms with Crippen molar-refractivity contribution in [3.05, 3.63) is 35.6 Å². The lowest BCUT2D eigenvalue weighted by atomic mass is 9.89. The second-order valence-electron chi connectivity index (χ2n) is 16.1. The summed E-state index contributed by atoms with van der Waals surface area (Å²) in [6, 6.07) is 2.33. The summed E-state index contributed by atoms with van der Waals surface area (Å²) in [4.78, 5) is 60.4. The number of ether oxygens (including phenoxy) is 2. The molecule has 11 atom stereocenters. The molecule has 308 valence electrons. The lowest BCUT2D eigenvalue weighted by Gasteiger charge is -2.41. The van der Waals surface area contributed by atoms with Crippen LogP contribution in [0.15, 0.2) is 24.3 Å². The number of methoxy groups -OCH3 is 2. The molecule has 0 aliphatic carbocycles. The number of carbonyl (C=O) groups is 4. The second-order valence-corrected chi connectivity index (χ2v) is 16.1. The first-order chi connectivity index (χ1) is 25.2. The summed E-state index contributed by atoms with van der Waals surface area (Å²) in [5.74, 6) is -2.54. The Morgan fingerprint density at radius 2 is 1.54 bits per heavy atom. The fraction of sp³-hybridized carbons (Fsp3) is 0.750. The molecule has 4 amide bonds. The molecule has 13 nitrogen and oxygen atoms in total. The van der Waals surface area contributed by atoms with E-state index in [-0.39, 0.29) is 66.6 Å². The highest BCUT2D eigenvalue weighted by Gasteiger charge is 2.45. The van der Waals surface area contributed by atoms with E-state index in [1.54, 1.807) is 42.8 Å². The number of benzene rings is 1. The number of rotatable bonds is 20. The van der Waals surface area contributed by atoms with Crippen molar-refractivity contribution < 1.29 is 38.1 Å². The van der Waals surface area contributed by atoms with Gasteiger partial charge < -0.3 is 40.7 Å². The standard InChI is InChI=1S/C40H69FN6O7/c1-14-24(6)36(46(11)40(52)34(22(2)3)44-39(51)35(23(4)5)45(9)10)31(53-12)20-32(49)47-21-29(48)19-30(47)37(54-13)25(7)38(50)43-26(8)33(42)27-15-17-28(41)18-16-27/h15-18,22-26,29-31,33-37,48H,14,19-21,42H2,1-13H3,(H,43,50)(H,44,51)/t24?,25-,26-,29+,30+,31-,33?,34+,35+,36+,37-/m1/s1. The summed E-state index contributed by atoms with van der Waals surface area (Å²) < 4.78 is 25.3. The third kappa shape index (κ3) is 11.9. The Morgan fingerprint density at radius 3 is 2.02 bits per heavy atom. The van der Waals surface area contributed by atoms with Gasteiger partial charge in [-0.1, -0.05) is 67.0 Å². The van der Waals surface area contributed by atoms with Crippen molar-refractivity contribution in [2.45, 2.75) is 129 Å². The van der Waals surface area contributed by atoms with Crippen molar-refractivity contribution in [2.24, 2.45) is 29.4 Å². The molecule has 0 radical (unpaired) electrons. The molecule has 0 bridgehead atoms. The maximum Gasteiger partial charge on any atom is 0.245 e. The zero-order valence-corrected chi connectivity index (χ0v) is 34.8. The summed E-state index contributed by atoms with van der Waals surface area (Å²) in [6.45, 7) is 15.2. The molecule has 2 unspecified atom stereocenters. The first-order valence-electron chi connectivity index (χ1n) is 19.3. The van der Waals surface area contributed by atoms with E-state index in [0.717, 1.165) is 0 Å². The minimum atomic E-state index is -0.833. The number of likely N-dealkylation sites (tertiary alicyclic amines) is 1. The topological polar surface area (TPSA) is 167 Å². The van der Waals surface area contributed by atoms with Gasteiger partial charge in [0.15, 0.2) is 0 Å². The second kappa shape index (κ2) is 21.2. The first kappa shape index (κ1) is 47.0. The number of nitrogens with zero attached hydrogens (tertiary/aromatic N) is 3. The van der Waals surface area contributed by atoms with Crippen LogP contribution in [0.1, 0.15) is 86.3 Å². The van der Waals surface area contributed by atoms with Gasteiger partial charge in [0.25, 0.3) is 0 Å². The molecule has 0 saturated carbocycles. The molecular weight excluding hydrogens is 695 g/mol. The van der Waals surface area contributed by atoms with Crippen LogP contribution in [-0.2, 0) is 28.7 Å². The number of nitrogens with two attached hydrogens (primary N) is 1. The van der Waals surface area contributed by atoms with Crippen LogP contribution in [0, 0.1) is 29.5 Å². The largest absolute Gasteiger partial charge is 0.391 e. The van der Waals surface area contributed by atoms with Gasteiger partial charge in [-0.2, -0.15) is 0 Å². The molecule has 5 N–H and O–H groups in total. The molecule has 0 aromatic heterocycles. The molecule has 1 aromatic rings. The van der Waals surface area contributed by atoms with E-state index >= 15 is 0 Å². The Balaban J connectivity index is 2.29. The predicted octanol–water partition coefficient (Wildman–Crippen LogP) is 2.95. The van der Waals surface area contributed by atoms with Gasteiger partial charge in [0.2, 0.25) is 23.6 Å². The Bertz CT molecular complexity index is 1360. The van der Waals surface area contributed by atoms with Crippen molar-refractivity contribution in [1.82, 2.24) is 25.3 Å². The highest BCUT2D eigenvalue weighted by Crippen LogP contribution is 2.30. The van der Waals surface area contributed by atoms with E-state index in [9.17, 15) is 28.7 Å². The van der Waals surface area contributed by atoms with E-state index in [1.807, 2.05) is 60.5 Å². The lowest BCUT2D eigenvalue weighted by molar-refractivity contribution is -0.148. The van der Waals surface area contributed by atoms with Gasteiger partial charge in [0.1, 0.15) is 11.9 Å². The quantitative estimate of drug-likeness (QED) is 0.156. The average Bonchev–Trinajstić information content (AvgIpc) is 3.50. The molecule has 0 spiro atoms. The van der Waals surface area contributed by atoms with Gasteiger partial charge >= 0.3 is 0 Å². The summed E-state index contributed by atoms with van der Waals surface area (Å²) in [7, 11) is 8.35. The Kier molecular flexibility index (Phi) is 18.5. The number of aliphatic hydroxyl groups excluding tert-OH is 1. The van der Waals surface area contributed by atoms with Gasteiger partial charge in [-0.3, -0.25) is 24.1 Å². The third-order valence-electron chi connectivity index (χ3n) is 11.1. The zero-order valence-electron chi connectivity index (χ0n) is 34.8. The fourth-order valence-corrected chi connectivity index (χ4v) is 7.83. The van der Waals surface area contributed by atoms with Crippen LogP contribution in [0.3, 0.4) is 0 Å². The number of β-amino-alcohol motifs (C(OH)–C–C–N with tert-alkyl or cyclic N) is 1. The van der Waals surface area contributed by atoms with Crippen LogP contribution in [0.4, 0.5) is 4.39 Å². The summed E-state index contributed by atoms with van der Waals surface area (Å²) in [6.07, 6.45) is -1.51. The molecule has 1 fully saturated rings. The van der Waals surface area contributed by atoms with E-state index in [0.29, 0.717) is 12.0 Å². The van der Waals surface area contributed by atoms with Gasteiger partial charge in [-0.05, 0) is 62.9 Å². The molecule has 54 heavy (non-hydrogen) atoms. The summed E-state index contributed by atoms with van der Waals surface area (Å²) in [5.41, 5.74) is 7.04. The molecule has 1 heterocycles. The van der Waals surface area contributed by atoms with E-state index < -0.39 is 60.5 Å². The van der Waals surface area contributed by atoms with E-state index in [4.69, 9.17) is 15.2 Å². The van der Waals surface area contributed by atoms with Gasteiger partial charge in [0, 0.05) is 39.9 Å². The van der Waals surface area contributed by atoms with E-state index in [1.165, 1.54) is 26.4 Å². The van der Waals surface area contributed by atoms with Crippen molar-refractivity contribution in [1.29, 1.82) is 0 Å². The van der Waals surface area contributed by atoms with Gasteiger partial charge in [0.05, 0.1) is 48.8 Å². The van der Waals surface area contributed by atoms with Crippen LogP contribution in [0.2, 0.25) is 0 Å². The van der Waals surface area contributed by atoms with Gasteiger partial charge in [-0.15, -0.1) is 0 Å². The summed E-state index contributed by atoms with van der Waals surface area (Å²) in [5, 5.41) is 16.8. The van der Waals surface area contributed by atoms with Crippen LogP contribution in [-0.4, -0.2) is 134 Å². The molecule has 1 aliphatic heterocycles. The maximum absolute atomic E-state index is 14.2. The molecule has 1 aliphatic rings. The van der Waals surface area contributed by atoms with Crippen molar-refractivity contribution in [3.8, 4) is 0 Å². The molecule has 14 heteroatoms. The average molecular weight is 765 g/mol. The van der Waals surface area contributed by atoms with Crippen LogP contribution >= 0.6 is 0 Å². The molecule has 1 saturated heterocycles. The Hall–Kier alpha value is -3.17. The van der Waals surface area contributed by atoms with Crippen LogP contribution in [0.5, 0.6) is 0 Å². The molecule has 1 aromatic carbocycles. The third-order valence-corrected chi connectivity index (χ3v) is 11.1. The zero-order chi connectivity index (χ0) is 41.2. The van der Waals surface area contributed by atoms with Crippen LogP contribution in [0.25, 0.3) is 0 Å². The normalized spacial score (nSPS) is 21.2. The summed E-state index contributed by atoms with van der Waals surface area (Å²) >= 11 is 0. The van der Waals surface area contributed by atoms with Crippen molar-refractivity contribution in [3.63, 3.8) is 0 Å². The van der Waals surface area contributed by atoms with Gasteiger partial charge in [-0.25, -0.2) is 4.39 Å². The number of nitrogens with one attached hydrogen (secondary N) is 2. The monoisotopic (exact) mass is 765 g/mol. The highest BCUT2D eigenvalue weighted by atomic mass is 19.1.